The number of benzene rings is 2. The Morgan fingerprint density at radius 2 is 1.67 bits per heavy atom. The first-order valence-electron chi connectivity index (χ1n) is 7.92. The maximum Gasteiger partial charge on any atom is 0.0780 e. The highest BCUT2D eigenvalue weighted by Crippen LogP contribution is 2.30. The van der Waals surface area contributed by atoms with Crippen LogP contribution >= 0.6 is 0 Å². The molecule has 0 unspecified atom stereocenters. The Morgan fingerprint density at radius 1 is 0.792 bits per heavy atom. The van der Waals surface area contributed by atoms with Crippen molar-refractivity contribution in [3.63, 3.8) is 0 Å². The van der Waals surface area contributed by atoms with Crippen molar-refractivity contribution in [2.75, 3.05) is 5.73 Å². The minimum absolute atomic E-state index is 0.760. The zero-order valence-corrected chi connectivity index (χ0v) is 13.2. The monoisotopic (exact) mass is 311 g/mol. The lowest BCUT2D eigenvalue weighted by molar-refractivity contribution is 1.17. The van der Waals surface area contributed by atoms with Crippen LogP contribution < -0.4 is 5.73 Å². The molecule has 0 saturated heterocycles. The summed E-state index contributed by atoms with van der Waals surface area (Å²) in [5, 5.41) is 1.14. The Morgan fingerprint density at radius 3 is 2.50 bits per heavy atom. The van der Waals surface area contributed by atoms with Crippen LogP contribution in [0.3, 0.4) is 0 Å². The van der Waals surface area contributed by atoms with Crippen LogP contribution in [0, 0.1) is 0 Å². The van der Waals surface area contributed by atoms with Gasteiger partial charge in [-0.25, -0.2) is 0 Å². The molecule has 2 aromatic carbocycles. The predicted octanol–water partition coefficient (Wildman–Crippen LogP) is 4.47. The van der Waals surface area contributed by atoms with Crippen LogP contribution in [0.1, 0.15) is 11.1 Å². The van der Waals surface area contributed by atoms with E-state index in [4.69, 9.17) is 5.73 Å². The van der Waals surface area contributed by atoms with Crippen molar-refractivity contribution in [3.8, 4) is 11.1 Å². The van der Waals surface area contributed by atoms with Crippen LogP contribution in [0.4, 0.5) is 5.69 Å². The third kappa shape index (κ3) is 2.84. The highest BCUT2D eigenvalue weighted by Gasteiger charge is 2.08. The van der Waals surface area contributed by atoms with Gasteiger partial charge in [-0.15, -0.1) is 0 Å². The molecule has 0 aliphatic carbocycles. The molecular weight excluding hydrogens is 294 g/mol. The third-order valence-corrected chi connectivity index (χ3v) is 4.12. The van der Waals surface area contributed by atoms with Gasteiger partial charge >= 0.3 is 0 Å². The van der Waals surface area contributed by atoms with Crippen LogP contribution in [-0.4, -0.2) is 9.97 Å². The van der Waals surface area contributed by atoms with Gasteiger partial charge in [-0.05, 0) is 65.6 Å². The fraction of sp³-hybridized carbons (Fsp3) is 0.0476. The lowest BCUT2D eigenvalue weighted by atomic mass is 9.96. The number of hydrogen-bond acceptors (Lipinski definition) is 3. The highest BCUT2D eigenvalue weighted by molar-refractivity contribution is 5.94. The number of nitrogens with two attached hydrogens (primary N) is 1. The first kappa shape index (κ1) is 14.4. The van der Waals surface area contributed by atoms with Gasteiger partial charge in [0.1, 0.15) is 0 Å². The summed E-state index contributed by atoms with van der Waals surface area (Å²) in [4.78, 5) is 8.67. The van der Waals surface area contributed by atoms with Gasteiger partial charge in [0.05, 0.1) is 5.52 Å². The van der Waals surface area contributed by atoms with Crippen molar-refractivity contribution >= 4 is 16.6 Å². The van der Waals surface area contributed by atoms with E-state index in [1.54, 1.807) is 0 Å². The van der Waals surface area contributed by atoms with Gasteiger partial charge in [0.2, 0.25) is 0 Å². The number of rotatable bonds is 3. The molecular formula is C21H17N3. The Bertz CT molecular complexity index is 994. The van der Waals surface area contributed by atoms with E-state index in [0.717, 1.165) is 34.1 Å². The quantitative estimate of drug-likeness (QED) is 0.568. The number of aromatic nitrogens is 2. The molecule has 0 atom stereocenters. The van der Waals surface area contributed by atoms with Gasteiger partial charge in [-0.3, -0.25) is 9.97 Å². The van der Waals surface area contributed by atoms with Crippen molar-refractivity contribution in [2.24, 2.45) is 0 Å². The lowest BCUT2D eigenvalue weighted by Gasteiger charge is -2.11. The average Bonchev–Trinajstić information content (AvgIpc) is 2.62. The van der Waals surface area contributed by atoms with Crippen LogP contribution in [0.25, 0.3) is 22.0 Å². The summed E-state index contributed by atoms with van der Waals surface area (Å²) in [6.07, 6.45) is 6.36. The summed E-state index contributed by atoms with van der Waals surface area (Å²) in [7, 11) is 0. The fourth-order valence-corrected chi connectivity index (χ4v) is 3.02. The van der Waals surface area contributed by atoms with Crippen molar-refractivity contribution in [3.05, 3.63) is 90.4 Å². The van der Waals surface area contributed by atoms with Gasteiger partial charge < -0.3 is 5.73 Å². The summed E-state index contributed by atoms with van der Waals surface area (Å²) in [6, 6.07) is 20.6. The zero-order chi connectivity index (χ0) is 16.4. The normalized spacial score (nSPS) is 10.8. The Balaban J connectivity index is 1.88. The number of hydrogen-bond donors (Lipinski definition) is 1. The number of nitrogens with zero attached hydrogens (tertiary/aromatic N) is 2. The molecule has 0 bridgehead atoms. The van der Waals surface area contributed by atoms with Crippen molar-refractivity contribution in [2.45, 2.75) is 6.42 Å². The molecule has 0 fully saturated rings. The number of fused-ring (bicyclic) bond motifs is 1. The second kappa shape index (κ2) is 6.13. The van der Waals surface area contributed by atoms with Gasteiger partial charge in [-0.2, -0.15) is 0 Å². The van der Waals surface area contributed by atoms with Gasteiger partial charge in [-0.1, -0.05) is 18.2 Å². The SMILES string of the molecule is Nc1cccc(-c2cc(Cc3ccncc3)cc3cccnc23)c1. The molecule has 0 aliphatic rings. The molecule has 116 valence electrons. The second-order valence-electron chi connectivity index (χ2n) is 5.88. The topological polar surface area (TPSA) is 51.8 Å². The minimum Gasteiger partial charge on any atom is -0.399 e. The van der Waals surface area contributed by atoms with E-state index in [-0.39, 0.29) is 0 Å². The molecule has 3 heteroatoms. The fourth-order valence-electron chi connectivity index (χ4n) is 3.02. The number of pyridine rings is 2. The second-order valence-corrected chi connectivity index (χ2v) is 5.88. The Hall–Kier alpha value is -3.20. The third-order valence-electron chi connectivity index (χ3n) is 4.12. The van der Waals surface area contributed by atoms with E-state index in [2.05, 4.69) is 34.2 Å². The van der Waals surface area contributed by atoms with Crippen LogP contribution in [-0.2, 0) is 6.42 Å². The first-order valence-corrected chi connectivity index (χ1v) is 7.92. The molecule has 0 amide bonds. The summed E-state index contributed by atoms with van der Waals surface area (Å²) < 4.78 is 0. The number of anilines is 1. The molecule has 0 radical (unpaired) electrons. The van der Waals surface area contributed by atoms with E-state index in [0.29, 0.717) is 0 Å². The van der Waals surface area contributed by atoms with Gasteiger partial charge in [0.15, 0.2) is 0 Å². The van der Waals surface area contributed by atoms with E-state index in [9.17, 15) is 0 Å². The minimum atomic E-state index is 0.760. The van der Waals surface area contributed by atoms with Crippen molar-refractivity contribution in [1.29, 1.82) is 0 Å². The van der Waals surface area contributed by atoms with E-state index < -0.39 is 0 Å². The number of nitrogen functional groups attached to an aromatic ring is 1. The standard InChI is InChI=1S/C21H17N3/c22-19-5-1-3-17(14-19)20-13-16(11-15-6-9-23-10-7-15)12-18-4-2-8-24-21(18)20/h1-10,12-14H,11,22H2. The zero-order valence-electron chi connectivity index (χ0n) is 13.2. The van der Waals surface area contributed by atoms with Gasteiger partial charge in [0.25, 0.3) is 0 Å². The largest absolute Gasteiger partial charge is 0.399 e. The molecule has 24 heavy (non-hydrogen) atoms. The van der Waals surface area contributed by atoms with E-state index >= 15 is 0 Å². The summed E-state index contributed by atoms with van der Waals surface area (Å²) >= 11 is 0. The molecule has 2 aromatic heterocycles. The van der Waals surface area contributed by atoms with E-state index in [1.165, 1.54) is 11.1 Å². The van der Waals surface area contributed by atoms with Crippen molar-refractivity contribution in [1.82, 2.24) is 9.97 Å². The average molecular weight is 311 g/mol. The maximum atomic E-state index is 5.97. The molecule has 4 aromatic rings. The van der Waals surface area contributed by atoms with Crippen LogP contribution in [0.2, 0.25) is 0 Å². The summed E-state index contributed by atoms with van der Waals surface area (Å²) in [6.45, 7) is 0. The summed E-state index contributed by atoms with van der Waals surface area (Å²) in [5.41, 5.74) is 12.4. The van der Waals surface area contributed by atoms with E-state index in [1.807, 2.05) is 55.0 Å². The summed E-state index contributed by atoms with van der Waals surface area (Å²) in [5.74, 6) is 0. The van der Waals surface area contributed by atoms with Crippen LogP contribution in [0.5, 0.6) is 0 Å². The highest BCUT2D eigenvalue weighted by atomic mass is 14.7. The lowest BCUT2D eigenvalue weighted by Crippen LogP contribution is -1.93. The molecule has 0 saturated carbocycles. The van der Waals surface area contributed by atoms with Crippen LogP contribution in [0.15, 0.2) is 79.3 Å². The first-order chi connectivity index (χ1) is 11.8. The van der Waals surface area contributed by atoms with Crippen molar-refractivity contribution < 1.29 is 0 Å². The molecule has 2 heterocycles. The molecule has 0 spiro atoms. The molecule has 4 rings (SSSR count). The Kier molecular flexibility index (Phi) is 3.67. The maximum absolute atomic E-state index is 5.97. The molecule has 3 nitrogen and oxygen atoms in total. The smallest absolute Gasteiger partial charge is 0.0780 e. The molecule has 0 aliphatic heterocycles. The Labute approximate surface area is 140 Å². The molecule has 2 N–H and O–H groups in total. The predicted molar refractivity (Wildman–Crippen MR) is 98.6 cm³/mol. The van der Waals surface area contributed by atoms with Gasteiger partial charge in [0, 0.05) is 35.2 Å².